The molecule has 5 heteroatoms. The molecular weight excluding hydrogens is 292 g/mol. The van der Waals surface area contributed by atoms with Crippen molar-refractivity contribution in [3.8, 4) is 5.75 Å². The molecule has 2 rings (SSSR count). The van der Waals surface area contributed by atoms with Gasteiger partial charge in [0.05, 0.1) is 6.21 Å². The number of carbonyl (C=O) groups excluding carboxylic acids is 1. The van der Waals surface area contributed by atoms with Crippen LogP contribution in [0.4, 0.5) is 0 Å². The fourth-order valence-corrected chi connectivity index (χ4v) is 2.12. The van der Waals surface area contributed by atoms with E-state index in [4.69, 9.17) is 4.84 Å². The number of carbonyl (C=O) groups is 1. The Balaban J connectivity index is 1.72. The highest BCUT2D eigenvalue weighted by Crippen LogP contribution is 2.12. The number of nitrogens with one attached hydrogen (secondary N) is 1. The van der Waals surface area contributed by atoms with Gasteiger partial charge in [0.15, 0.2) is 6.61 Å². The standard InChI is InChI=1S/C18H20N2O3/c1-14(11-15-7-3-2-4-8-15)20-18(22)13-23-19-12-16-9-5-6-10-17(16)21/h2-10,12,14,21H,11,13H2,1H3,(H,20,22)/b19-12+. The van der Waals surface area contributed by atoms with Crippen LogP contribution in [-0.2, 0) is 16.1 Å². The van der Waals surface area contributed by atoms with Gasteiger partial charge in [0, 0.05) is 11.6 Å². The summed E-state index contributed by atoms with van der Waals surface area (Å²) in [7, 11) is 0. The van der Waals surface area contributed by atoms with E-state index in [2.05, 4.69) is 10.5 Å². The maximum atomic E-state index is 11.8. The molecule has 2 aromatic carbocycles. The monoisotopic (exact) mass is 312 g/mol. The predicted molar refractivity (Wildman–Crippen MR) is 89.4 cm³/mol. The molecule has 0 spiro atoms. The van der Waals surface area contributed by atoms with Gasteiger partial charge in [-0.15, -0.1) is 0 Å². The maximum Gasteiger partial charge on any atom is 0.260 e. The molecule has 120 valence electrons. The van der Waals surface area contributed by atoms with Crippen LogP contribution in [-0.4, -0.2) is 29.9 Å². The molecule has 2 aromatic rings. The van der Waals surface area contributed by atoms with Gasteiger partial charge in [0.25, 0.3) is 5.91 Å². The summed E-state index contributed by atoms with van der Waals surface area (Å²) < 4.78 is 0. The zero-order valence-electron chi connectivity index (χ0n) is 13.0. The van der Waals surface area contributed by atoms with Gasteiger partial charge in [-0.2, -0.15) is 0 Å². The summed E-state index contributed by atoms with van der Waals surface area (Å²) >= 11 is 0. The third-order valence-electron chi connectivity index (χ3n) is 3.19. The van der Waals surface area contributed by atoms with E-state index < -0.39 is 0 Å². The molecule has 1 amide bonds. The Bertz CT molecular complexity index is 656. The van der Waals surface area contributed by atoms with Crippen molar-refractivity contribution >= 4 is 12.1 Å². The maximum absolute atomic E-state index is 11.8. The largest absolute Gasteiger partial charge is 0.507 e. The van der Waals surface area contributed by atoms with Crippen LogP contribution in [0.3, 0.4) is 0 Å². The zero-order chi connectivity index (χ0) is 16.5. The van der Waals surface area contributed by atoms with Gasteiger partial charge < -0.3 is 15.3 Å². The quantitative estimate of drug-likeness (QED) is 0.609. The van der Waals surface area contributed by atoms with Crippen LogP contribution in [0, 0.1) is 0 Å². The Kier molecular flexibility index (Phi) is 6.17. The Morgan fingerprint density at radius 3 is 2.65 bits per heavy atom. The molecule has 0 heterocycles. The lowest BCUT2D eigenvalue weighted by atomic mass is 10.1. The molecule has 0 aliphatic carbocycles. The van der Waals surface area contributed by atoms with Crippen LogP contribution in [0.25, 0.3) is 0 Å². The van der Waals surface area contributed by atoms with Gasteiger partial charge in [-0.25, -0.2) is 0 Å². The number of amides is 1. The van der Waals surface area contributed by atoms with Crippen molar-refractivity contribution in [1.29, 1.82) is 0 Å². The molecule has 23 heavy (non-hydrogen) atoms. The van der Waals surface area contributed by atoms with Crippen LogP contribution >= 0.6 is 0 Å². The summed E-state index contributed by atoms with van der Waals surface area (Å²) in [5.41, 5.74) is 1.70. The predicted octanol–water partition coefficient (Wildman–Crippen LogP) is 2.49. The number of nitrogens with zero attached hydrogens (tertiary/aromatic N) is 1. The minimum Gasteiger partial charge on any atom is -0.507 e. The lowest BCUT2D eigenvalue weighted by molar-refractivity contribution is -0.126. The smallest absolute Gasteiger partial charge is 0.260 e. The molecule has 1 unspecified atom stereocenters. The van der Waals surface area contributed by atoms with E-state index in [9.17, 15) is 9.90 Å². The van der Waals surface area contributed by atoms with Crippen molar-refractivity contribution in [2.75, 3.05) is 6.61 Å². The van der Waals surface area contributed by atoms with E-state index in [0.29, 0.717) is 5.56 Å². The highest BCUT2D eigenvalue weighted by atomic mass is 16.6. The summed E-state index contributed by atoms with van der Waals surface area (Å²) in [5, 5.41) is 16.1. The molecule has 0 aliphatic heterocycles. The minimum atomic E-state index is -0.233. The second-order valence-corrected chi connectivity index (χ2v) is 5.23. The minimum absolute atomic E-state index is 0.00986. The normalized spacial score (nSPS) is 12.0. The van der Waals surface area contributed by atoms with Gasteiger partial charge in [-0.05, 0) is 31.0 Å². The Hall–Kier alpha value is -2.82. The van der Waals surface area contributed by atoms with Crippen molar-refractivity contribution in [1.82, 2.24) is 5.32 Å². The van der Waals surface area contributed by atoms with Crippen molar-refractivity contribution in [3.05, 3.63) is 65.7 Å². The molecule has 1 atom stereocenters. The van der Waals surface area contributed by atoms with E-state index in [1.807, 2.05) is 37.3 Å². The van der Waals surface area contributed by atoms with Crippen molar-refractivity contribution in [3.63, 3.8) is 0 Å². The lowest BCUT2D eigenvalue weighted by Gasteiger charge is -2.13. The molecule has 0 radical (unpaired) electrons. The van der Waals surface area contributed by atoms with Crippen LogP contribution in [0.1, 0.15) is 18.1 Å². The number of para-hydroxylation sites is 1. The first-order valence-electron chi connectivity index (χ1n) is 7.42. The van der Waals surface area contributed by atoms with E-state index in [1.165, 1.54) is 11.8 Å². The summed E-state index contributed by atoms with van der Waals surface area (Å²) in [6.45, 7) is 1.78. The Labute approximate surface area is 135 Å². The number of phenolic OH excluding ortho intramolecular Hbond substituents is 1. The number of hydrogen-bond acceptors (Lipinski definition) is 4. The highest BCUT2D eigenvalue weighted by molar-refractivity contribution is 5.83. The van der Waals surface area contributed by atoms with Gasteiger partial charge in [0.2, 0.25) is 0 Å². The topological polar surface area (TPSA) is 70.9 Å². The first-order valence-corrected chi connectivity index (χ1v) is 7.42. The zero-order valence-corrected chi connectivity index (χ0v) is 13.0. The Morgan fingerprint density at radius 2 is 1.91 bits per heavy atom. The highest BCUT2D eigenvalue weighted by Gasteiger charge is 2.08. The first kappa shape index (κ1) is 16.5. The molecule has 0 aliphatic rings. The summed E-state index contributed by atoms with van der Waals surface area (Å²) in [6.07, 6.45) is 2.13. The lowest BCUT2D eigenvalue weighted by Crippen LogP contribution is -2.36. The molecular formula is C18H20N2O3. The van der Waals surface area contributed by atoms with Gasteiger partial charge in [0.1, 0.15) is 5.75 Å². The fraction of sp³-hybridized carbons (Fsp3) is 0.222. The summed E-state index contributed by atoms with van der Waals surface area (Å²) in [4.78, 5) is 16.7. The molecule has 0 aromatic heterocycles. The number of hydrogen-bond donors (Lipinski definition) is 2. The Morgan fingerprint density at radius 1 is 1.22 bits per heavy atom. The average Bonchev–Trinajstić information content (AvgIpc) is 2.54. The number of benzene rings is 2. The summed E-state index contributed by atoms with van der Waals surface area (Å²) in [5.74, 6) is -0.122. The van der Waals surface area contributed by atoms with Gasteiger partial charge >= 0.3 is 0 Å². The third kappa shape index (κ3) is 5.82. The van der Waals surface area contributed by atoms with E-state index >= 15 is 0 Å². The number of aromatic hydroxyl groups is 1. The second-order valence-electron chi connectivity index (χ2n) is 5.23. The van der Waals surface area contributed by atoms with E-state index in [1.54, 1.807) is 24.3 Å². The summed E-state index contributed by atoms with van der Waals surface area (Å²) in [6, 6.07) is 16.7. The number of oxime groups is 1. The first-order chi connectivity index (χ1) is 11.1. The van der Waals surface area contributed by atoms with Crippen molar-refractivity contribution < 1.29 is 14.7 Å². The molecule has 2 N–H and O–H groups in total. The van der Waals surface area contributed by atoms with Gasteiger partial charge in [-0.3, -0.25) is 4.79 Å². The van der Waals surface area contributed by atoms with Crippen LogP contribution in [0.5, 0.6) is 5.75 Å². The van der Waals surface area contributed by atoms with Crippen molar-refractivity contribution in [2.24, 2.45) is 5.16 Å². The average molecular weight is 312 g/mol. The molecule has 0 bridgehead atoms. The molecule has 0 saturated heterocycles. The van der Waals surface area contributed by atoms with Crippen molar-refractivity contribution in [2.45, 2.75) is 19.4 Å². The number of phenols is 1. The molecule has 5 nitrogen and oxygen atoms in total. The van der Waals surface area contributed by atoms with Gasteiger partial charge in [-0.1, -0.05) is 47.6 Å². The van der Waals surface area contributed by atoms with Crippen LogP contribution in [0.15, 0.2) is 59.8 Å². The fourth-order valence-electron chi connectivity index (χ4n) is 2.12. The number of rotatable bonds is 7. The second kappa shape index (κ2) is 8.58. The molecule has 0 fully saturated rings. The van der Waals surface area contributed by atoms with Crippen LogP contribution < -0.4 is 5.32 Å². The van der Waals surface area contributed by atoms with Crippen LogP contribution in [0.2, 0.25) is 0 Å². The third-order valence-corrected chi connectivity index (χ3v) is 3.19. The van der Waals surface area contributed by atoms with E-state index in [-0.39, 0.29) is 24.3 Å². The molecule has 0 saturated carbocycles. The van der Waals surface area contributed by atoms with E-state index in [0.717, 1.165) is 6.42 Å². The SMILES string of the molecule is CC(Cc1ccccc1)NC(=O)CO/N=C/c1ccccc1O.